The van der Waals surface area contributed by atoms with Gasteiger partial charge in [0.05, 0.1) is 12.2 Å². The normalized spacial score (nSPS) is 18.1. The standard InChI is InChI=1S/C14H17BrO3/c1-10-8-13(16)12-5-4-11(9-14(12)18-10)17-7-3-2-6-15/h4-5,9-10H,2-3,6-8H2,1H3. The van der Waals surface area contributed by atoms with Crippen molar-refractivity contribution in [3.8, 4) is 11.5 Å². The molecular formula is C14H17BrO3. The van der Waals surface area contributed by atoms with E-state index in [1.807, 2.05) is 19.1 Å². The third-order valence-electron chi connectivity index (χ3n) is 2.85. The molecule has 0 bridgehead atoms. The zero-order valence-corrected chi connectivity index (χ0v) is 12.0. The fourth-order valence-electron chi connectivity index (χ4n) is 1.94. The van der Waals surface area contributed by atoms with Crippen LogP contribution in [-0.2, 0) is 0 Å². The number of halogens is 1. The van der Waals surface area contributed by atoms with Gasteiger partial charge in [0.1, 0.15) is 17.6 Å². The van der Waals surface area contributed by atoms with Crippen molar-refractivity contribution >= 4 is 21.7 Å². The third-order valence-corrected chi connectivity index (χ3v) is 3.41. The van der Waals surface area contributed by atoms with E-state index in [-0.39, 0.29) is 11.9 Å². The molecule has 1 atom stereocenters. The molecule has 4 heteroatoms. The van der Waals surface area contributed by atoms with Crippen molar-refractivity contribution in [1.82, 2.24) is 0 Å². The van der Waals surface area contributed by atoms with Gasteiger partial charge in [-0.25, -0.2) is 0 Å². The van der Waals surface area contributed by atoms with Crippen molar-refractivity contribution in [2.45, 2.75) is 32.3 Å². The highest BCUT2D eigenvalue weighted by molar-refractivity contribution is 9.09. The molecule has 18 heavy (non-hydrogen) atoms. The van der Waals surface area contributed by atoms with Crippen molar-refractivity contribution in [3.05, 3.63) is 23.8 Å². The van der Waals surface area contributed by atoms with E-state index in [0.29, 0.717) is 24.3 Å². The molecule has 0 N–H and O–H groups in total. The van der Waals surface area contributed by atoms with Gasteiger partial charge in [0.25, 0.3) is 0 Å². The van der Waals surface area contributed by atoms with Gasteiger partial charge in [-0.05, 0) is 31.9 Å². The summed E-state index contributed by atoms with van der Waals surface area (Å²) in [5, 5.41) is 0.996. The quantitative estimate of drug-likeness (QED) is 0.615. The van der Waals surface area contributed by atoms with Crippen LogP contribution >= 0.6 is 15.9 Å². The lowest BCUT2D eigenvalue weighted by molar-refractivity contribution is 0.0870. The monoisotopic (exact) mass is 312 g/mol. The lowest BCUT2D eigenvalue weighted by Crippen LogP contribution is -2.23. The number of unbranched alkanes of at least 4 members (excludes halogenated alkanes) is 1. The Balaban J connectivity index is 2.02. The summed E-state index contributed by atoms with van der Waals surface area (Å²) in [4.78, 5) is 11.8. The van der Waals surface area contributed by atoms with Crippen molar-refractivity contribution in [2.24, 2.45) is 0 Å². The van der Waals surface area contributed by atoms with Crippen LogP contribution in [0.4, 0.5) is 0 Å². The number of rotatable bonds is 5. The molecule has 0 saturated heterocycles. The number of ether oxygens (including phenoxy) is 2. The van der Waals surface area contributed by atoms with Crippen LogP contribution in [0.1, 0.15) is 36.5 Å². The Morgan fingerprint density at radius 3 is 3.06 bits per heavy atom. The lowest BCUT2D eigenvalue weighted by atomic mass is 10.0. The molecule has 1 unspecified atom stereocenters. The summed E-state index contributed by atoms with van der Waals surface area (Å²) in [6.45, 7) is 2.60. The van der Waals surface area contributed by atoms with Gasteiger partial charge >= 0.3 is 0 Å². The Hall–Kier alpha value is -1.03. The summed E-state index contributed by atoms with van der Waals surface area (Å²) in [5.41, 5.74) is 0.668. The fraction of sp³-hybridized carbons (Fsp3) is 0.500. The van der Waals surface area contributed by atoms with Crippen molar-refractivity contribution in [3.63, 3.8) is 0 Å². The average Bonchev–Trinajstić information content (AvgIpc) is 2.34. The molecule has 2 rings (SSSR count). The molecule has 0 aliphatic carbocycles. The number of Topliss-reactive ketones (excluding diaryl/α,β-unsaturated/α-hetero) is 1. The number of hydrogen-bond donors (Lipinski definition) is 0. The van der Waals surface area contributed by atoms with Crippen molar-refractivity contribution in [1.29, 1.82) is 0 Å². The summed E-state index contributed by atoms with van der Waals surface area (Å²) >= 11 is 3.39. The Morgan fingerprint density at radius 1 is 1.44 bits per heavy atom. The van der Waals surface area contributed by atoms with Crippen LogP contribution in [0.2, 0.25) is 0 Å². The number of carbonyl (C=O) groups is 1. The molecule has 0 amide bonds. The van der Waals surface area contributed by atoms with Crippen LogP contribution in [0.25, 0.3) is 0 Å². The average molecular weight is 313 g/mol. The van der Waals surface area contributed by atoms with E-state index in [9.17, 15) is 4.79 Å². The SMILES string of the molecule is CC1CC(=O)c2ccc(OCCCCBr)cc2O1. The minimum Gasteiger partial charge on any atom is -0.493 e. The Kier molecular flexibility index (Phi) is 4.64. The number of benzene rings is 1. The molecule has 1 aromatic rings. The summed E-state index contributed by atoms with van der Waals surface area (Å²) in [5.74, 6) is 1.57. The van der Waals surface area contributed by atoms with Crippen molar-refractivity contribution < 1.29 is 14.3 Å². The first kappa shape index (κ1) is 13.4. The first-order chi connectivity index (χ1) is 8.70. The summed E-state index contributed by atoms with van der Waals surface area (Å²) in [6.07, 6.45) is 2.52. The highest BCUT2D eigenvalue weighted by Crippen LogP contribution is 2.31. The van der Waals surface area contributed by atoms with Gasteiger partial charge in [-0.2, -0.15) is 0 Å². The number of carbonyl (C=O) groups excluding carboxylic acids is 1. The summed E-state index contributed by atoms with van der Waals surface area (Å²) in [7, 11) is 0. The molecule has 0 spiro atoms. The van der Waals surface area contributed by atoms with E-state index in [1.54, 1.807) is 6.07 Å². The van der Waals surface area contributed by atoms with Gasteiger partial charge in [-0.15, -0.1) is 0 Å². The molecule has 1 aliphatic rings. The summed E-state index contributed by atoms with van der Waals surface area (Å²) < 4.78 is 11.3. The molecule has 3 nitrogen and oxygen atoms in total. The van der Waals surface area contributed by atoms with E-state index in [4.69, 9.17) is 9.47 Å². The van der Waals surface area contributed by atoms with E-state index in [2.05, 4.69) is 15.9 Å². The van der Waals surface area contributed by atoms with Crippen LogP contribution in [0.15, 0.2) is 18.2 Å². The number of fused-ring (bicyclic) bond motifs is 1. The van der Waals surface area contributed by atoms with Gasteiger partial charge in [0, 0.05) is 17.8 Å². The zero-order chi connectivity index (χ0) is 13.0. The first-order valence-corrected chi connectivity index (χ1v) is 7.35. The highest BCUT2D eigenvalue weighted by atomic mass is 79.9. The van der Waals surface area contributed by atoms with Crippen molar-refractivity contribution in [2.75, 3.05) is 11.9 Å². The van der Waals surface area contributed by atoms with Gasteiger partial charge < -0.3 is 9.47 Å². The first-order valence-electron chi connectivity index (χ1n) is 6.23. The lowest BCUT2D eigenvalue weighted by Gasteiger charge is -2.22. The molecule has 0 aromatic heterocycles. The molecule has 1 aromatic carbocycles. The Bertz CT molecular complexity index is 431. The predicted octanol–water partition coefficient (Wildman–Crippen LogP) is 3.59. The zero-order valence-electron chi connectivity index (χ0n) is 10.4. The summed E-state index contributed by atoms with van der Waals surface area (Å²) in [6, 6.07) is 5.45. The van der Waals surface area contributed by atoms with Crippen LogP contribution in [0.3, 0.4) is 0 Å². The number of ketones is 1. The van der Waals surface area contributed by atoms with Crippen LogP contribution in [0.5, 0.6) is 11.5 Å². The predicted molar refractivity (Wildman–Crippen MR) is 74.0 cm³/mol. The van der Waals surface area contributed by atoms with E-state index in [0.717, 1.165) is 23.9 Å². The molecular weight excluding hydrogens is 296 g/mol. The maximum absolute atomic E-state index is 11.8. The molecule has 0 radical (unpaired) electrons. The Morgan fingerprint density at radius 2 is 2.28 bits per heavy atom. The second-order valence-electron chi connectivity index (χ2n) is 4.46. The molecule has 1 heterocycles. The molecule has 98 valence electrons. The topological polar surface area (TPSA) is 35.5 Å². The second-order valence-corrected chi connectivity index (χ2v) is 5.25. The number of alkyl halides is 1. The fourth-order valence-corrected chi connectivity index (χ4v) is 2.33. The van der Waals surface area contributed by atoms with Crippen LogP contribution in [-0.4, -0.2) is 23.8 Å². The van der Waals surface area contributed by atoms with E-state index in [1.165, 1.54) is 0 Å². The van der Waals surface area contributed by atoms with Crippen LogP contribution < -0.4 is 9.47 Å². The maximum atomic E-state index is 11.8. The molecule has 0 fully saturated rings. The molecule has 1 aliphatic heterocycles. The number of hydrogen-bond acceptors (Lipinski definition) is 3. The molecule has 0 saturated carbocycles. The van der Waals surface area contributed by atoms with Crippen LogP contribution in [0, 0.1) is 0 Å². The van der Waals surface area contributed by atoms with Gasteiger partial charge in [-0.1, -0.05) is 15.9 Å². The Labute approximate surface area is 116 Å². The minimum atomic E-state index is -0.0475. The maximum Gasteiger partial charge on any atom is 0.170 e. The third kappa shape index (κ3) is 3.25. The van der Waals surface area contributed by atoms with Gasteiger partial charge in [-0.3, -0.25) is 4.79 Å². The highest BCUT2D eigenvalue weighted by Gasteiger charge is 2.23. The smallest absolute Gasteiger partial charge is 0.170 e. The van der Waals surface area contributed by atoms with Gasteiger partial charge in [0.2, 0.25) is 0 Å². The second kappa shape index (κ2) is 6.23. The van der Waals surface area contributed by atoms with Gasteiger partial charge in [0.15, 0.2) is 5.78 Å². The minimum absolute atomic E-state index is 0.0475. The van der Waals surface area contributed by atoms with E-state index < -0.39 is 0 Å². The largest absolute Gasteiger partial charge is 0.493 e. The van der Waals surface area contributed by atoms with E-state index >= 15 is 0 Å².